The number of nitrogens with two attached hydrogens (primary N) is 1. The monoisotopic (exact) mass is 268 g/mol. The van der Waals surface area contributed by atoms with Gasteiger partial charge in [0.25, 0.3) is 0 Å². The third-order valence-corrected chi connectivity index (χ3v) is 1.95. The Morgan fingerprint density at radius 3 is 2.36 bits per heavy atom. The van der Waals surface area contributed by atoms with Crippen LogP contribution in [0.15, 0.2) is 21.6 Å². The number of hydrogen-bond donors (Lipinski definition) is 2. The van der Waals surface area contributed by atoms with Crippen molar-refractivity contribution in [1.82, 2.24) is 5.32 Å². The summed E-state index contributed by atoms with van der Waals surface area (Å²) in [6, 6.07) is 0. The fourth-order valence-electron chi connectivity index (χ4n) is 0.757. The Morgan fingerprint density at radius 1 is 1.73 bits per heavy atom. The highest BCUT2D eigenvalue weighted by Gasteiger charge is 2.05. The molecule has 0 aliphatic heterocycles. The van der Waals surface area contributed by atoms with Crippen LogP contribution in [-0.4, -0.2) is 7.05 Å². The molecular weight excluding hydrogens is 255 g/mol. The van der Waals surface area contributed by atoms with Crippen LogP contribution < -0.4 is 11.2 Å². The van der Waals surface area contributed by atoms with Crippen molar-refractivity contribution in [1.29, 1.82) is 0 Å². The second kappa shape index (κ2) is 5.42. The minimum atomic E-state index is 0.590. The van der Waals surface area contributed by atoms with E-state index < -0.39 is 0 Å². The van der Waals surface area contributed by atoms with Gasteiger partial charge in [-0.05, 0) is 29.0 Å². The van der Waals surface area contributed by atoms with E-state index in [1.807, 2.05) is 6.92 Å². The fraction of sp³-hybridized carbons (Fsp3) is 0.429. The van der Waals surface area contributed by atoms with Gasteiger partial charge >= 0.3 is 0 Å². The second-order valence-corrected chi connectivity index (χ2v) is 3.24. The van der Waals surface area contributed by atoms with Crippen LogP contribution in [0, 0.1) is 0 Å². The van der Waals surface area contributed by atoms with Gasteiger partial charge < -0.3 is 10.2 Å². The van der Waals surface area contributed by atoms with Gasteiger partial charge in [-0.1, -0.05) is 13.5 Å². The van der Waals surface area contributed by atoms with E-state index in [-0.39, 0.29) is 0 Å². The van der Waals surface area contributed by atoms with Gasteiger partial charge in [-0.2, -0.15) is 5.90 Å². The molecule has 0 aromatic heterocycles. The molecule has 0 fully saturated rings. The molecule has 0 saturated carbocycles. The van der Waals surface area contributed by atoms with Crippen molar-refractivity contribution in [2.24, 2.45) is 5.90 Å². The molecule has 0 saturated heterocycles. The quantitative estimate of drug-likeness (QED) is 0.353. The molecule has 0 unspecified atom stereocenters. The van der Waals surface area contributed by atoms with Crippen molar-refractivity contribution in [3.63, 3.8) is 0 Å². The van der Waals surface area contributed by atoms with E-state index in [9.17, 15) is 0 Å². The zero-order valence-corrected chi connectivity index (χ0v) is 8.94. The summed E-state index contributed by atoms with van der Waals surface area (Å²) in [7, 11) is 1.76. The van der Waals surface area contributed by atoms with Crippen LogP contribution >= 0.6 is 22.6 Å². The maximum Gasteiger partial charge on any atom is 0.215 e. The number of allylic oxidation sites excluding steroid dienone is 2. The molecule has 0 bridgehead atoms. The Bertz CT molecular complexity index is 171. The van der Waals surface area contributed by atoms with E-state index in [4.69, 9.17) is 5.90 Å². The Hall–Kier alpha value is -0.230. The molecule has 0 rings (SSSR count). The van der Waals surface area contributed by atoms with Gasteiger partial charge in [-0.15, -0.1) is 0 Å². The predicted molar refractivity (Wildman–Crippen MR) is 54.8 cm³/mol. The molecule has 0 atom stereocenters. The van der Waals surface area contributed by atoms with Crippen LogP contribution in [-0.2, 0) is 4.84 Å². The summed E-state index contributed by atoms with van der Waals surface area (Å²) in [5.74, 6) is 5.62. The van der Waals surface area contributed by atoms with Gasteiger partial charge in [0.15, 0.2) is 0 Å². The maximum absolute atomic E-state index is 5.03. The van der Waals surface area contributed by atoms with Gasteiger partial charge in [-0.25, -0.2) is 0 Å². The van der Waals surface area contributed by atoms with Crippen molar-refractivity contribution in [3.05, 3.63) is 21.6 Å². The number of hydrogen-bond acceptors (Lipinski definition) is 3. The van der Waals surface area contributed by atoms with Gasteiger partial charge in [0.05, 0.1) is 0 Å². The summed E-state index contributed by atoms with van der Waals surface area (Å²) in [4.78, 5) is 4.62. The zero-order valence-electron chi connectivity index (χ0n) is 6.78. The van der Waals surface area contributed by atoms with Crippen molar-refractivity contribution >= 4 is 22.6 Å². The average Bonchev–Trinajstić information content (AvgIpc) is 1.99. The Balaban J connectivity index is 4.62. The largest absolute Gasteiger partial charge is 0.393 e. The summed E-state index contributed by atoms with van der Waals surface area (Å²) in [5, 5.41) is 2.85. The molecule has 0 spiro atoms. The molecule has 0 aromatic carbocycles. The molecular formula is C7H13IN2O. The fourth-order valence-corrected chi connectivity index (χ4v) is 1.38. The third kappa shape index (κ3) is 3.11. The summed E-state index contributed by atoms with van der Waals surface area (Å²) in [6.07, 6.45) is 0.856. The first kappa shape index (κ1) is 10.8. The molecule has 0 aromatic rings. The lowest BCUT2D eigenvalue weighted by Crippen LogP contribution is -2.16. The molecule has 64 valence electrons. The smallest absolute Gasteiger partial charge is 0.215 e. The van der Waals surface area contributed by atoms with E-state index in [0.717, 1.165) is 15.6 Å². The number of nitrogens with one attached hydrogen (secondary N) is 1. The first-order valence-electron chi connectivity index (χ1n) is 3.29. The minimum Gasteiger partial charge on any atom is -0.393 e. The molecule has 0 aliphatic rings. The van der Waals surface area contributed by atoms with Crippen LogP contribution in [0.25, 0.3) is 0 Å². The van der Waals surface area contributed by atoms with Crippen molar-refractivity contribution in [2.45, 2.75) is 13.3 Å². The Kier molecular flexibility index (Phi) is 5.31. The highest BCUT2D eigenvalue weighted by atomic mass is 127. The van der Waals surface area contributed by atoms with Gasteiger partial charge in [0, 0.05) is 16.2 Å². The summed E-state index contributed by atoms with van der Waals surface area (Å²) < 4.78 is 0.944. The summed E-state index contributed by atoms with van der Waals surface area (Å²) >= 11 is 2.14. The molecule has 0 amide bonds. The third-order valence-electron chi connectivity index (χ3n) is 1.30. The Labute approximate surface area is 80.8 Å². The normalized spacial score (nSPS) is 12.0. The Morgan fingerprint density at radius 2 is 2.27 bits per heavy atom. The SMILES string of the molecule is C=C(I)/C(CC)=C(/NC)ON. The van der Waals surface area contributed by atoms with E-state index in [1.54, 1.807) is 7.05 Å². The van der Waals surface area contributed by atoms with Gasteiger partial charge in [0.1, 0.15) is 0 Å². The summed E-state index contributed by atoms with van der Waals surface area (Å²) in [6.45, 7) is 5.82. The summed E-state index contributed by atoms with van der Waals surface area (Å²) in [5.41, 5.74) is 1.01. The molecule has 3 N–H and O–H groups in total. The first-order chi connectivity index (χ1) is 5.17. The molecule has 0 aliphatic carbocycles. The lowest BCUT2D eigenvalue weighted by Gasteiger charge is -2.09. The minimum absolute atomic E-state index is 0.590. The van der Waals surface area contributed by atoms with E-state index in [1.165, 1.54) is 0 Å². The van der Waals surface area contributed by atoms with Crippen LogP contribution in [0.1, 0.15) is 13.3 Å². The van der Waals surface area contributed by atoms with Crippen molar-refractivity contribution < 1.29 is 4.84 Å². The maximum atomic E-state index is 5.03. The molecule has 0 heterocycles. The average molecular weight is 268 g/mol. The zero-order chi connectivity index (χ0) is 8.85. The van der Waals surface area contributed by atoms with Crippen LogP contribution in [0.3, 0.4) is 0 Å². The van der Waals surface area contributed by atoms with E-state index in [0.29, 0.717) is 5.88 Å². The first-order valence-corrected chi connectivity index (χ1v) is 4.37. The van der Waals surface area contributed by atoms with Crippen molar-refractivity contribution in [2.75, 3.05) is 7.05 Å². The van der Waals surface area contributed by atoms with Gasteiger partial charge in [-0.3, -0.25) is 0 Å². The highest BCUT2D eigenvalue weighted by molar-refractivity contribution is 14.1. The number of rotatable bonds is 4. The van der Waals surface area contributed by atoms with Crippen LogP contribution in [0.2, 0.25) is 0 Å². The predicted octanol–water partition coefficient (Wildman–Crippen LogP) is 1.67. The molecule has 0 radical (unpaired) electrons. The standard InChI is InChI=1S/C7H13IN2O/c1-4-6(5(2)8)7(10-3)11-9/h10H,2,4,9H2,1,3H3/b7-6-. The lowest BCUT2D eigenvalue weighted by atomic mass is 10.2. The molecule has 4 heteroatoms. The van der Waals surface area contributed by atoms with Gasteiger partial charge in [0.2, 0.25) is 5.88 Å². The van der Waals surface area contributed by atoms with Crippen LogP contribution in [0.5, 0.6) is 0 Å². The topological polar surface area (TPSA) is 47.3 Å². The lowest BCUT2D eigenvalue weighted by molar-refractivity contribution is 0.198. The van der Waals surface area contributed by atoms with E-state index in [2.05, 4.69) is 39.3 Å². The second-order valence-electron chi connectivity index (χ2n) is 1.93. The molecule has 3 nitrogen and oxygen atoms in total. The van der Waals surface area contributed by atoms with Crippen LogP contribution in [0.4, 0.5) is 0 Å². The number of halogens is 1. The van der Waals surface area contributed by atoms with E-state index >= 15 is 0 Å². The molecule has 11 heavy (non-hydrogen) atoms. The highest BCUT2D eigenvalue weighted by Crippen LogP contribution is 2.20. The van der Waals surface area contributed by atoms with Crippen molar-refractivity contribution in [3.8, 4) is 0 Å².